The number of hydrogen-bond acceptors (Lipinski definition) is 7. The van der Waals surface area contributed by atoms with Gasteiger partial charge in [0.2, 0.25) is 0 Å². The first-order valence-electron chi connectivity index (χ1n) is 5.52. The van der Waals surface area contributed by atoms with E-state index in [1.54, 1.807) is 6.92 Å². The van der Waals surface area contributed by atoms with Crippen LogP contribution in [-0.4, -0.2) is 41.6 Å². The molecule has 0 spiro atoms. The summed E-state index contributed by atoms with van der Waals surface area (Å²) in [7, 11) is -2.47. The fraction of sp³-hybridized carbons (Fsp3) is 0.400. The molecule has 108 valence electrons. The maximum absolute atomic E-state index is 11.9. The number of nitrogens with zero attached hydrogens (tertiary/aromatic N) is 4. The molecule has 20 heavy (non-hydrogen) atoms. The molecule has 1 aromatic rings. The van der Waals surface area contributed by atoms with Crippen LogP contribution in [0.15, 0.2) is 20.7 Å². The van der Waals surface area contributed by atoms with Crippen LogP contribution in [0.4, 0.5) is 0 Å². The molecule has 1 aliphatic rings. The molecule has 2 rings (SSSR count). The summed E-state index contributed by atoms with van der Waals surface area (Å²) in [6.07, 6.45) is 1.15. The van der Waals surface area contributed by atoms with E-state index in [-0.39, 0.29) is 23.8 Å². The van der Waals surface area contributed by atoms with Crippen LogP contribution in [0.1, 0.15) is 18.6 Å². The first kappa shape index (κ1) is 14.2. The summed E-state index contributed by atoms with van der Waals surface area (Å²) in [5.74, 6) is -0.136. The molecule has 0 unspecified atom stereocenters. The van der Waals surface area contributed by atoms with Gasteiger partial charge in [0.25, 0.3) is 5.89 Å². The second-order valence-corrected chi connectivity index (χ2v) is 5.68. The first-order chi connectivity index (χ1) is 9.29. The Balaban J connectivity index is 2.08. The number of carbonyl (C=O) groups excluding carboxylic acids is 1. The number of aryl methyl sites for hydroxylation is 1. The predicted octanol–water partition coefficient (Wildman–Crippen LogP) is -0.0438. The van der Waals surface area contributed by atoms with Crippen LogP contribution in [0.25, 0.3) is 0 Å². The van der Waals surface area contributed by atoms with E-state index in [0.29, 0.717) is 5.82 Å². The van der Waals surface area contributed by atoms with Gasteiger partial charge in [-0.15, -0.1) is 4.40 Å². The third-order valence-electron chi connectivity index (χ3n) is 2.43. The molecule has 1 aromatic heterocycles. The Morgan fingerprint density at radius 1 is 1.45 bits per heavy atom. The zero-order valence-electron chi connectivity index (χ0n) is 11.0. The Labute approximate surface area is 115 Å². The minimum Gasteiger partial charge on any atom is -0.452 e. The lowest BCUT2D eigenvalue weighted by atomic mass is 10.2. The highest BCUT2D eigenvalue weighted by molar-refractivity contribution is 7.88. The van der Waals surface area contributed by atoms with E-state index >= 15 is 0 Å². The van der Waals surface area contributed by atoms with Crippen molar-refractivity contribution < 1.29 is 22.5 Å². The Hall–Kier alpha value is -2.23. The van der Waals surface area contributed by atoms with Gasteiger partial charge in [-0.25, -0.2) is 4.79 Å². The molecular weight excluding hydrogens is 288 g/mol. The van der Waals surface area contributed by atoms with Crippen molar-refractivity contribution >= 4 is 21.9 Å². The van der Waals surface area contributed by atoms with E-state index in [4.69, 9.17) is 9.26 Å². The summed E-state index contributed by atoms with van der Waals surface area (Å²) in [6.45, 7) is 2.85. The number of rotatable bonds is 3. The quantitative estimate of drug-likeness (QED) is 0.719. The topological polar surface area (TPSA) is 115 Å². The maximum Gasteiger partial charge on any atom is 0.344 e. The molecule has 0 saturated heterocycles. The van der Waals surface area contributed by atoms with Gasteiger partial charge < -0.3 is 9.26 Å². The van der Waals surface area contributed by atoms with Gasteiger partial charge in [0.1, 0.15) is 0 Å². The fourth-order valence-corrected chi connectivity index (χ4v) is 2.24. The molecule has 0 saturated carbocycles. The van der Waals surface area contributed by atoms with E-state index in [0.717, 1.165) is 10.5 Å². The van der Waals surface area contributed by atoms with Crippen molar-refractivity contribution in [3.8, 4) is 0 Å². The van der Waals surface area contributed by atoms with Crippen LogP contribution in [0.3, 0.4) is 0 Å². The summed E-state index contributed by atoms with van der Waals surface area (Å²) in [5, 5.41) is 3.55. The lowest BCUT2D eigenvalue weighted by Gasteiger charge is -2.18. The Kier molecular flexibility index (Phi) is 3.57. The van der Waals surface area contributed by atoms with Gasteiger partial charge in [0.15, 0.2) is 12.4 Å². The minimum atomic E-state index is -3.74. The SMILES string of the molecule is CC1=NS(=O)(=O)N(C)C=C1C(=O)OCc1nc(C)no1. The van der Waals surface area contributed by atoms with Crippen LogP contribution in [-0.2, 0) is 26.3 Å². The highest BCUT2D eigenvalue weighted by atomic mass is 32.2. The predicted molar refractivity (Wildman–Crippen MR) is 66.7 cm³/mol. The third-order valence-corrected chi connectivity index (χ3v) is 3.77. The standard InChI is InChI=1S/C10H12N4O5S/c1-6-8(4-14(3)20(16,17)13-6)10(15)18-5-9-11-7(2)12-19-9/h4H,5H2,1-3H3. The van der Waals surface area contributed by atoms with Crippen molar-refractivity contribution in [1.29, 1.82) is 0 Å². The number of ether oxygens (including phenoxy) is 1. The number of aromatic nitrogens is 2. The summed E-state index contributed by atoms with van der Waals surface area (Å²) in [5.41, 5.74) is 0.119. The lowest BCUT2D eigenvalue weighted by molar-refractivity contribution is -0.140. The molecule has 0 atom stereocenters. The van der Waals surface area contributed by atoms with E-state index in [9.17, 15) is 13.2 Å². The maximum atomic E-state index is 11.9. The van der Waals surface area contributed by atoms with Gasteiger partial charge in [0.05, 0.1) is 11.3 Å². The van der Waals surface area contributed by atoms with Gasteiger partial charge in [-0.1, -0.05) is 5.16 Å². The largest absolute Gasteiger partial charge is 0.452 e. The Bertz CT molecular complexity index is 703. The van der Waals surface area contributed by atoms with Gasteiger partial charge in [0, 0.05) is 13.2 Å². The number of esters is 1. The molecule has 0 radical (unpaired) electrons. The number of carbonyl (C=O) groups is 1. The second-order valence-electron chi connectivity index (χ2n) is 4.02. The molecule has 0 aliphatic carbocycles. The van der Waals surface area contributed by atoms with Gasteiger partial charge in [-0.05, 0) is 13.8 Å². The summed E-state index contributed by atoms with van der Waals surface area (Å²) >= 11 is 0. The van der Waals surface area contributed by atoms with Crippen LogP contribution in [0.2, 0.25) is 0 Å². The van der Waals surface area contributed by atoms with E-state index in [2.05, 4.69) is 14.5 Å². The fourth-order valence-electron chi connectivity index (χ4n) is 1.43. The van der Waals surface area contributed by atoms with Gasteiger partial charge in [-0.3, -0.25) is 4.31 Å². The average Bonchev–Trinajstić information content (AvgIpc) is 2.76. The average molecular weight is 300 g/mol. The highest BCUT2D eigenvalue weighted by Gasteiger charge is 2.26. The van der Waals surface area contributed by atoms with Crippen molar-refractivity contribution in [3.05, 3.63) is 23.5 Å². The molecular formula is C10H12N4O5S. The smallest absolute Gasteiger partial charge is 0.344 e. The van der Waals surface area contributed by atoms with Crippen molar-refractivity contribution in [2.75, 3.05) is 7.05 Å². The summed E-state index contributed by atoms with van der Waals surface area (Å²) in [4.78, 5) is 15.7. The van der Waals surface area contributed by atoms with Crippen LogP contribution >= 0.6 is 0 Å². The Morgan fingerprint density at radius 2 is 2.15 bits per heavy atom. The van der Waals surface area contributed by atoms with E-state index < -0.39 is 16.2 Å². The van der Waals surface area contributed by atoms with Crippen molar-refractivity contribution in [2.24, 2.45) is 4.40 Å². The lowest BCUT2D eigenvalue weighted by Crippen LogP contribution is -2.29. The highest BCUT2D eigenvalue weighted by Crippen LogP contribution is 2.15. The van der Waals surface area contributed by atoms with Crippen molar-refractivity contribution in [3.63, 3.8) is 0 Å². The molecule has 0 amide bonds. The normalized spacial score (nSPS) is 17.4. The molecule has 0 aromatic carbocycles. The molecule has 0 N–H and O–H groups in total. The molecule has 1 aliphatic heterocycles. The zero-order chi connectivity index (χ0) is 14.9. The zero-order valence-corrected chi connectivity index (χ0v) is 11.8. The summed E-state index contributed by atoms with van der Waals surface area (Å²) in [6, 6.07) is 0. The summed E-state index contributed by atoms with van der Waals surface area (Å²) < 4.78 is 36.9. The second kappa shape index (κ2) is 5.04. The van der Waals surface area contributed by atoms with Crippen LogP contribution in [0.5, 0.6) is 0 Å². The van der Waals surface area contributed by atoms with Crippen molar-refractivity contribution in [2.45, 2.75) is 20.5 Å². The molecule has 0 fully saturated rings. The molecule has 10 heteroatoms. The number of hydrogen-bond donors (Lipinski definition) is 0. The monoisotopic (exact) mass is 300 g/mol. The third kappa shape index (κ3) is 2.85. The Morgan fingerprint density at radius 3 is 2.75 bits per heavy atom. The van der Waals surface area contributed by atoms with Crippen LogP contribution in [0, 0.1) is 6.92 Å². The van der Waals surface area contributed by atoms with Gasteiger partial charge >= 0.3 is 16.2 Å². The van der Waals surface area contributed by atoms with E-state index in [1.807, 2.05) is 0 Å². The van der Waals surface area contributed by atoms with Crippen LogP contribution < -0.4 is 0 Å². The van der Waals surface area contributed by atoms with Gasteiger partial charge in [-0.2, -0.15) is 13.4 Å². The molecule has 0 bridgehead atoms. The molecule has 9 nitrogen and oxygen atoms in total. The van der Waals surface area contributed by atoms with E-state index in [1.165, 1.54) is 14.0 Å². The molecule has 2 heterocycles. The van der Waals surface area contributed by atoms with Crippen molar-refractivity contribution in [1.82, 2.24) is 14.4 Å². The first-order valence-corrected chi connectivity index (χ1v) is 6.92. The minimum absolute atomic E-state index is 0.0542.